The number of carbonyl (C=O) groups excluding carboxylic acids is 6. The third-order valence-corrected chi connectivity index (χ3v) is 12.9. The van der Waals surface area contributed by atoms with Crippen LogP contribution in [0, 0.1) is 29.6 Å². The van der Waals surface area contributed by atoms with E-state index < -0.39 is 59.6 Å². The SMILES string of the molecule is CCC1C(COc2ncc(C#CC3CCC(CN4CCC(OCCNc5cccc6c5C(=O)N(C5CCC(=O)NC5=O)C6=O)CC4)CC3)c3nc(C(N)=O)c(OC)nc23)NC(=O)C1F. The molecule has 1 aromatic carbocycles. The average molecular weight is 882 g/mol. The number of hydrogen-bond acceptors (Lipinski definition) is 14. The summed E-state index contributed by atoms with van der Waals surface area (Å²) in [7, 11) is 1.34. The summed E-state index contributed by atoms with van der Waals surface area (Å²) in [5.41, 5.74) is 7.32. The lowest BCUT2D eigenvalue weighted by molar-refractivity contribution is -0.136. The van der Waals surface area contributed by atoms with Gasteiger partial charge < -0.3 is 35.5 Å². The van der Waals surface area contributed by atoms with Crippen LogP contribution in [0.1, 0.15) is 101 Å². The van der Waals surface area contributed by atoms with Gasteiger partial charge in [0.25, 0.3) is 23.6 Å². The normalized spacial score (nSPS) is 25.1. The minimum atomic E-state index is -1.62. The molecule has 4 fully saturated rings. The van der Waals surface area contributed by atoms with Gasteiger partial charge in [-0.3, -0.25) is 39.0 Å². The van der Waals surface area contributed by atoms with Gasteiger partial charge in [0.2, 0.25) is 23.6 Å². The second-order valence-electron chi connectivity index (χ2n) is 17.0. The van der Waals surface area contributed by atoms with Crippen LogP contribution >= 0.6 is 0 Å². The number of amides is 6. The summed E-state index contributed by atoms with van der Waals surface area (Å²) >= 11 is 0. The van der Waals surface area contributed by atoms with Crippen molar-refractivity contribution in [3.8, 4) is 23.6 Å². The Hall–Kier alpha value is -6.26. The summed E-state index contributed by atoms with van der Waals surface area (Å²) in [5.74, 6) is 3.11. The first-order chi connectivity index (χ1) is 30.9. The number of halogens is 1. The molecule has 4 aliphatic heterocycles. The molecule has 5 N–H and O–H groups in total. The van der Waals surface area contributed by atoms with E-state index in [1.807, 2.05) is 6.92 Å². The maximum absolute atomic E-state index is 14.4. The zero-order valence-electron chi connectivity index (χ0n) is 35.8. The minimum absolute atomic E-state index is 0.0443. The van der Waals surface area contributed by atoms with Gasteiger partial charge in [-0.2, -0.15) is 0 Å². The second kappa shape index (κ2) is 19.2. The van der Waals surface area contributed by atoms with Gasteiger partial charge in [0, 0.05) is 56.3 Å². The Morgan fingerprint density at radius 1 is 0.984 bits per heavy atom. The van der Waals surface area contributed by atoms with Gasteiger partial charge in [-0.05, 0) is 69.4 Å². The Labute approximate surface area is 368 Å². The number of nitrogens with zero attached hydrogens (tertiary/aromatic N) is 5. The van der Waals surface area contributed by atoms with E-state index in [-0.39, 0.29) is 71.1 Å². The lowest BCUT2D eigenvalue weighted by Crippen LogP contribution is -2.54. The Bertz CT molecular complexity index is 2410. The van der Waals surface area contributed by atoms with E-state index in [2.05, 4.69) is 47.6 Å². The van der Waals surface area contributed by atoms with E-state index in [4.69, 9.17) is 19.9 Å². The van der Waals surface area contributed by atoms with Crippen molar-refractivity contribution in [1.82, 2.24) is 35.4 Å². The van der Waals surface area contributed by atoms with E-state index in [1.165, 1.54) is 13.3 Å². The second-order valence-corrected chi connectivity index (χ2v) is 17.0. The lowest BCUT2D eigenvalue weighted by atomic mass is 9.82. The van der Waals surface area contributed by atoms with Gasteiger partial charge in [0.15, 0.2) is 17.4 Å². The maximum atomic E-state index is 14.4. The fraction of sp³-hybridized carbons (Fsp3) is 0.533. The van der Waals surface area contributed by atoms with Gasteiger partial charge in [-0.25, -0.2) is 19.3 Å². The Morgan fingerprint density at radius 2 is 1.77 bits per heavy atom. The van der Waals surface area contributed by atoms with Crippen molar-refractivity contribution >= 4 is 52.2 Å². The predicted molar refractivity (Wildman–Crippen MR) is 228 cm³/mol. The number of likely N-dealkylation sites (tertiary alicyclic amines) is 1. The summed E-state index contributed by atoms with van der Waals surface area (Å²) in [6.07, 6.45) is 6.36. The molecule has 64 heavy (non-hydrogen) atoms. The number of piperidine rings is 2. The van der Waals surface area contributed by atoms with Crippen molar-refractivity contribution < 1.29 is 47.4 Å². The number of carbonyl (C=O) groups is 6. The molecule has 5 aliphatic rings. The molecule has 18 nitrogen and oxygen atoms in total. The summed E-state index contributed by atoms with van der Waals surface area (Å²) in [4.78, 5) is 91.8. The highest BCUT2D eigenvalue weighted by molar-refractivity contribution is 6.25. The van der Waals surface area contributed by atoms with E-state index in [9.17, 15) is 33.2 Å². The first kappa shape index (κ1) is 44.4. The first-order valence-electron chi connectivity index (χ1n) is 22.0. The van der Waals surface area contributed by atoms with Crippen LogP contribution in [-0.2, 0) is 19.1 Å². The number of aromatic nitrogens is 3. The molecule has 4 atom stereocenters. The number of ether oxygens (including phenoxy) is 3. The Balaban J connectivity index is 0.798. The molecular formula is C45H52FN9O9. The zero-order chi connectivity index (χ0) is 45.1. The van der Waals surface area contributed by atoms with E-state index >= 15 is 0 Å². The monoisotopic (exact) mass is 881 g/mol. The quantitative estimate of drug-likeness (QED) is 0.104. The molecule has 1 aliphatic carbocycles. The first-order valence-corrected chi connectivity index (χ1v) is 22.0. The van der Waals surface area contributed by atoms with Gasteiger partial charge in [-0.1, -0.05) is 24.8 Å². The van der Waals surface area contributed by atoms with Crippen LogP contribution in [0.4, 0.5) is 10.1 Å². The highest BCUT2D eigenvalue weighted by Crippen LogP contribution is 2.34. The van der Waals surface area contributed by atoms with Crippen LogP contribution in [0.2, 0.25) is 0 Å². The number of imide groups is 2. The van der Waals surface area contributed by atoms with Crippen molar-refractivity contribution in [3.63, 3.8) is 0 Å². The molecular weight excluding hydrogens is 830 g/mol. The van der Waals surface area contributed by atoms with Gasteiger partial charge >= 0.3 is 0 Å². The molecule has 6 heterocycles. The fourth-order valence-electron chi connectivity index (χ4n) is 9.46. The standard InChI is InChI=1S/C45H52FN9O9/c1-3-28-31(50-41(59)35(28)46)23-64-42-37-36(52-38(39(47)57)43(53-37)62-2)26(21-49-42)12-11-24-7-9-25(10-8-24)22-54-18-15-27(16-19-54)63-20-17-48-30-6-4-5-29-34(30)45(61)55(44(29)60)32-13-14-33(56)51-40(32)58/h4-6,21,24-25,27-28,31-32,35,48H,3,7-10,13-20,22-23H2,1-2H3,(H2,47,57)(H,50,59)(H,51,56,58). The van der Waals surface area contributed by atoms with Crippen LogP contribution in [0.25, 0.3) is 11.0 Å². The molecule has 8 rings (SSSR count). The van der Waals surface area contributed by atoms with Crippen LogP contribution in [0.3, 0.4) is 0 Å². The average Bonchev–Trinajstić information content (AvgIpc) is 3.72. The molecule has 19 heteroatoms. The van der Waals surface area contributed by atoms with E-state index in [0.29, 0.717) is 36.7 Å². The number of hydrogen-bond donors (Lipinski definition) is 4. The molecule has 3 aromatic rings. The molecule has 3 saturated heterocycles. The fourth-order valence-corrected chi connectivity index (χ4v) is 9.46. The largest absolute Gasteiger partial charge is 0.479 e. The van der Waals surface area contributed by atoms with Crippen molar-refractivity contribution in [2.45, 2.75) is 89.1 Å². The smallest absolute Gasteiger partial charge is 0.272 e. The number of pyridine rings is 1. The molecule has 0 spiro atoms. The van der Waals surface area contributed by atoms with Crippen molar-refractivity contribution in [2.75, 3.05) is 51.8 Å². The number of fused-ring (bicyclic) bond motifs is 2. The number of rotatable bonds is 14. The molecule has 6 amide bonds. The topological polar surface area (TPSA) is 237 Å². The highest BCUT2D eigenvalue weighted by atomic mass is 19.1. The van der Waals surface area contributed by atoms with Crippen LogP contribution in [0.5, 0.6) is 11.8 Å². The summed E-state index contributed by atoms with van der Waals surface area (Å²) in [6, 6.07) is 3.42. The molecule has 4 unspecified atom stereocenters. The van der Waals surface area contributed by atoms with E-state index in [0.717, 1.165) is 63.1 Å². The molecule has 338 valence electrons. The molecule has 0 bridgehead atoms. The third kappa shape index (κ3) is 9.20. The van der Waals surface area contributed by atoms with E-state index in [1.54, 1.807) is 18.2 Å². The van der Waals surface area contributed by atoms with Crippen molar-refractivity contribution in [1.29, 1.82) is 0 Å². The van der Waals surface area contributed by atoms with Crippen LogP contribution in [0.15, 0.2) is 24.4 Å². The maximum Gasteiger partial charge on any atom is 0.272 e. The van der Waals surface area contributed by atoms with Crippen molar-refractivity contribution in [3.05, 3.63) is 46.8 Å². The van der Waals surface area contributed by atoms with Crippen LogP contribution < -0.4 is 31.2 Å². The summed E-state index contributed by atoms with van der Waals surface area (Å²) in [5, 5.41) is 8.11. The van der Waals surface area contributed by atoms with Crippen molar-refractivity contribution in [2.24, 2.45) is 23.5 Å². The summed E-state index contributed by atoms with van der Waals surface area (Å²) < 4.78 is 31.9. The number of benzene rings is 1. The molecule has 1 saturated carbocycles. The summed E-state index contributed by atoms with van der Waals surface area (Å²) in [6.45, 7) is 5.48. The molecule has 2 aromatic heterocycles. The minimum Gasteiger partial charge on any atom is -0.479 e. The Morgan fingerprint density at radius 3 is 2.48 bits per heavy atom. The Kier molecular flexibility index (Phi) is 13.3. The van der Waals surface area contributed by atoms with Crippen LogP contribution in [-0.4, -0.2) is 131 Å². The van der Waals surface area contributed by atoms with Gasteiger partial charge in [0.05, 0.1) is 42.6 Å². The lowest BCUT2D eigenvalue weighted by Gasteiger charge is -2.36. The number of nitrogens with two attached hydrogens (primary N) is 1. The third-order valence-electron chi connectivity index (χ3n) is 12.9. The number of alkyl halides is 1. The number of nitrogens with one attached hydrogen (secondary N) is 3. The van der Waals surface area contributed by atoms with Gasteiger partial charge in [0.1, 0.15) is 18.2 Å². The molecule has 0 radical (unpaired) electrons. The number of methoxy groups -OCH3 is 1. The predicted octanol–water partition coefficient (Wildman–Crippen LogP) is 2.53. The highest BCUT2D eigenvalue weighted by Gasteiger charge is 2.46. The zero-order valence-corrected chi connectivity index (χ0v) is 35.8. The number of anilines is 1. The number of primary amides is 1. The van der Waals surface area contributed by atoms with Gasteiger partial charge in [-0.15, -0.1) is 0 Å².